The van der Waals surface area contributed by atoms with E-state index in [4.69, 9.17) is 9.47 Å². The molecule has 1 unspecified atom stereocenters. The van der Waals surface area contributed by atoms with Crippen LogP contribution in [0.3, 0.4) is 0 Å². The number of benzene rings is 2. The summed E-state index contributed by atoms with van der Waals surface area (Å²) in [7, 11) is 1.56. The van der Waals surface area contributed by atoms with Crippen LogP contribution in [-0.2, 0) is 14.3 Å². The van der Waals surface area contributed by atoms with Gasteiger partial charge in [-0.2, -0.15) is 0 Å². The van der Waals surface area contributed by atoms with Gasteiger partial charge in [0.2, 0.25) is 5.91 Å². The molecular formula is C27H35N3O5. The molecule has 0 aliphatic carbocycles. The smallest absolute Gasteiger partial charge is 0.408 e. The van der Waals surface area contributed by atoms with E-state index in [1.54, 1.807) is 58.2 Å². The van der Waals surface area contributed by atoms with E-state index < -0.39 is 29.6 Å². The van der Waals surface area contributed by atoms with E-state index in [0.717, 1.165) is 11.1 Å². The summed E-state index contributed by atoms with van der Waals surface area (Å²) in [5.41, 5.74) is 2.56. The molecule has 1 atom stereocenters. The highest BCUT2D eigenvalue weighted by molar-refractivity contribution is 5.98. The summed E-state index contributed by atoms with van der Waals surface area (Å²) in [6.07, 6.45) is 0.829. The first kappa shape index (κ1) is 27.4. The average Bonchev–Trinajstić information content (AvgIpc) is 2.78. The number of rotatable bonds is 9. The lowest BCUT2D eigenvalue weighted by Gasteiger charge is -2.31. The number of aryl methyl sites for hydroxylation is 2. The molecule has 3 amide bonds. The Bertz CT molecular complexity index is 1060. The van der Waals surface area contributed by atoms with Crippen LogP contribution in [0.4, 0.5) is 10.5 Å². The lowest BCUT2D eigenvalue weighted by molar-refractivity contribution is -0.137. The zero-order valence-corrected chi connectivity index (χ0v) is 21.3. The van der Waals surface area contributed by atoms with Crippen molar-refractivity contribution in [3.05, 3.63) is 71.8 Å². The molecule has 0 aromatic heterocycles. The standard InChI is InChI=1S/C27H35N3O5/c1-8-15-30(23(31)17-28-26(33)35-27(4,5)6)24(20-10-9-18(2)19(3)16-20)25(32)29-21-11-13-22(34-7)14-12-21/h8-14,16,24H,1,15,17H2,2-7H3,(H,28,33)(H,29,32). The van der Waals surface area contributed by atoms with Crippen LogP contribution in [-0.4, -0.2) is 48.6 Å². The predicted molar refractivity (Wildman–Crippen MR) is 136 cm³/mol. The van der Waals surface area contributed by atoms with Gasteiger partial charge in [0, 0.05) is 12.2 Å². The second kappa shape index (κ2) is 12.1. The first-order valence-electron chi connectivity index (χ1n) is 11.3. The minimum Gasteiger partial charge on any atom is -0.497 e. The molecule has 8 heteroatoms. The van der Waals surface area contributed by atoms with Gasteiger partial charge in [-0.25, -0.2) is 4.79 Å². The molecule has 2 aromatic rings. The fraction of sp³-hybridized carbons (Fsp3) is 0.370. The van der Waals surface area contributed by atoms with Gasteiger partial charge in [0.25, 0.3) is 5.91 Å². The van der Waals surface area contributed by atoms with Gasteiger partial charge in [0.1, 0.15) is 23.9 Å². The third kappa shape index (κ3) is 8.17. The second-order valence-corrected chi connectivity index (χ2v) is 9.15. The Labute approximate surface area is 207 Å². The number of nitrogens with one attached hydrogen (secondary N) is 2. The molecule has 0 spiro atoms. The maximum absolute atomic E-state index is 13.5. The zero-order chi connectivity index (χ0) is 26.2. The van der Waals surface area contributed by atoms with E-state index in [-0.39, 0.29) is 13.1 Å². The van der Waals surface area contributed by atoms with Gasteiger partial charge >= 0.3 is 6.09 Å². The Hall–Kier alpha value is -3.81. The van der Waals surface area contributed by atoms with Crippen LogP contribution in [0.15, 0.2) is 55.1 Å². The fourth-order valence-electron chi connectivity index (χ4n) is 3.35. The lowest BCUT2D eigenvalue weighted by Crippen LogP contribution is -2.46. The molecule has 2 N–H and O–H groups in total. The van der Waals surface area contributed by atoms with Crippen molar-refractivity contribution in [1.29, 1.82) is 0 Å². The van der Waals surface area contributed by atoms with Crippen LogP contribution in [0.25, 0.3) is 0 Å². The molecule has 0 saturated heterocycles. The van der Waals surface area contributed by atoms with Crippen molar-refractivity contribution in [2.24, 2.45) is 0 Å². The van der Waals surface area contributed by atoms with Gasteiger partial charge in [-0.05, 0) is 75.6 Å². The van der Waals surface area contributed by atoms with Crippen LogP contribution in [0, 0.1) is 13.8 Å². The van der Waals surface area contributed by atoms with Crippen molar-refractivity contribution in [3.8, 4) is 5.75 Å². The first-order chi connectivity index (χ1) is 16.4. The van der Waals surface area contributed by atoms with Crippen molar-refractivity contribution in [1.82, 2.24) is 10.2 Å². The van der Waals surface area contributed by atoms with Gasteiger partial charge in [0.05, 0.1) is 7.11 Å². The minimum absolute atomic E-state index is 0.0997. The quantitative estimate of drug-likeness (QED) is 0.513. The number of ether oxygens (including phenoxy) is 2. The van der Waals surface area contributed by atoms with Crippen LogP contribution in [0.1, 0.15) is 43.5 Å². The van der Waals surface area contributed by atoms with Gasteiger partial charge in [-0.1, -0.05) is 24.3 Å². The van der Waals surface area contributed by atoms with E-state index in [0.29, 0.717) is 17.0 Å². The highest BCUT2D eigenvalue weighted by atomic mass is 16.6. The third-order valence-corrected chi connectivity index (χ3v) is 5.19. The lowest BCUT2D eigenvalue weighted by atomic mass is 9.98. The van der Waals surface area contributed by atoms with Gasteiger partial charge in [0.15, 0.2) is 0 Å². The maximum atomic E-state index is 13.5. The first-order valence-corrected chi connectivity index (χ1v) is 11.3. The Morgan fingerprint density at radius 1 is 1.06 bits per heavy atom. The SMILES string of the molecule is C=CCN(C(=O)CNC(=O)OC(C)(C)C)C(C(=O)Nc1ccc(OC)cc1)c1ccc(C)c(C)c1. The number of carbonyl (C=O) groups is 3. The van der Waals surface area contributed by atoms with Gasteiger partial charge in [-0.15, -0.1) is 6.58 Å². The molecule has 2 rings (SSSR count). The van der Waals surface area contributed by atoms with E-state index in [2.05, 4.69) is 17.2 Å². The monoisotopic (exact) mass is 481 g/mol. The van der Waals surface area contributed by atoms with E-state index in [1.807, 2.05) is 32.0 Å². The van der Waals surface area contributed by atoms with Crippen molar-refractivity contribution >= 4 is 23.6 Å². The number of alkyl carbamates (subject to hydrolysis) is 1. The summed E-state index contributed by atoms with van der Waals surface area (Å²) in [5.74, 6) is -0.194. The zero-order valence-electron chi connectivity index (χ0n) is 21.3. The van der Waals surface area contributed by atoms with Gasteiger partial charge in [-0.3, -0.25) is 9.59 Å². The fourth-order valence-corrected chi connectivity index (χ4v) is 3.35. The summed E-state index contributed by atoms with van der Waals surface area (Å²) in [4.78, 5) is 40.2. The Morgan fingerprint density at radius 3 is 2.26 bits per heavy atom. The number of carbonyl (C=O) groups excluding carboxylic acids is 3. The molecule has 0 bridgehead atoms. The minimum atomic E-state index is -0.956. The second-order valence-electron chi connectivity index (χ2n) is 9.15. The molecule has 0 saturated carbocycles. The summed E-state index contributed by atoms with van der Waals surface area (Å²) < 4.78 is 10.4. The van der Waals surface area contributed by atoms with Crippen molar-refractivity contribution in [2.45, 2.75) is 46.3 Å². The molecule has 0 fully saturated rings. The van der Waals surface area contributed by atoms with E-state index in [9.17, 15) is 14.4 Å². The Balaban J connectivity index is 2.35. The number of methoxy groups -OCH3 is 1. The number of nitrogens with zero attached hydrogens (tertiary/aromatic N) is 1. The molecule has 0 radical (unpaired) electrons. The Kier molecular flexibility index (Phi) is 9.45. The van der Waals surface area contributed by atoms with Crippen molar-refractivity contribution in [2.75, 3.05) is 25.5 Å². The summed E-state index contributed by atoms with van der Waals surface area (Å²) in [6, 6.07) is 11.6. The number of anilines is 1. The normalized spacial score (nSPS) is 11.7. The van der Waals surface area contributed by atoms with Crippen LogP contribution in [0.5, 0.6) is 5.75 Å². The summed E-state index contributed by atoms with van der Waals surface area (Å²) >= 11 is 0. The highest BCUT2D eigenvalue weighted by Crippen LogP contribution is 2.26. The van der Waals surface area contributed by atoms with Crippen LogP contribution >= 0.6 is 0 Å². The maximum Gasteiger partial charge on any atom is 0.408 e. The van der Waals surface area contributed by atoms with Crippen LogP contribution < -0.4 is 15.4 Å². The average molecular weight is 482 g/mol. The predicted octanol–water partition coefficient (Wildman–Crippen LogP) is 4.53. The van der Waals surface area contributed by atoms with E-state index >= 15 is 0 Å². The molecule has 0 aliphatic rings. The molecule has 35 heavy (non-hydrogen) atoms. The number of hydrogen-bond acceptors (Lipinski definition) is 5. The topological polar surface area (TPSA) is 97.0 Å². The number of hydrogen-bond donors (Lipinski definition) is 2. The third-order valence-electron chi connectivity index (χ3n) is 5.19. The molecule has 188 valence electrons. The highest BCUT2D eigenvalue weighted by Gasteiger charge is 2.31. The molecule has 2 aromatic carbocycles. The molecule has 0 aliphatic heterocycles. The van der Waals surface area contributed by atoms with Crippen molar-refractivity contribution < 1.29 is 23.9 Å². The largest absolute Gasteiger partial charge is 0.497 e. The molecule has 0 heterocycles. The van der Waals surface area contributed by atoms with E-state index in [1.165, 1.54) is 4.90 Å². The molecular weight excluding hydrogens is 446 g/mol. The number of amides is 3. The summed E-state index contributed by atoms with van der Waals surface area (Å²) in [5, 5.41) is 5.35. The van der Waals surface area contributed by atoms with Gasteiger partial charge < -0.3 is 25.0 Å². The van der Waals surface area contributed by atoms with Crippen LogP contribution in [0.2, 0.25) is 0 Å². The molecule has 8 nitrogen and oxygen atoms in total. The Morgan fingerprint density at radius 2 is 1.71 bits per heavy atom. The summed E-state index contributed by atoms with van der Waals surface area (Å²) in [6.45, 7) is 12.6. The van der Waals surface area contributed by atoms with Crippen molar-refractivity contribution in [3.63, 3.8) is 0 Å².